The van der Waals surface area contributed by atoms with Gasteiger partial charge in [-0.05, 0) is 55.2 Å². The predicted octanol–water partition coefficient (Wildman–Crippen LogP) is 2.99. The first-order valence-electron chi connectivity index (χ1n) is 8.98. The van der Waals surface area contributed by atoms with Crippen molar-refractivity contribution in [3.63, 3.8) is 0 Å². The van der Waals surface area contributed by atoms with Crippen LogP contribution in [0.2, 0.25) is 5.02 Å². The van der Waals surface area contributed by atoms with Crippen LogP contribution in [0.3, 0.4) is 0 Å². The van der Waals surface area contributed by atoms with Crippen molar-refractivity contribution in [1.29, 1.82) is 0 Å². The van der Waals surface area contributed by atoms with Crippen LogP contribution in [0, 0.1) is 0 Å². The topological polar surface area (TPSA) is 88.6 Å². The van der Waals surface area contributed by atoms with Crippen LogP contribution in [-0.2, 0) is 21.3 Å². The Morgan fingerprint density at radius 1 is 1.21 bits per heavy atom. The maximum Gasteiger partial charge on any atom is 0.337 e. The number of piperidine rings is 1. The highest BCUT2D eigenvalue weighted by Crippen LogP contribution is 2.24. The lowest BCUT2D eigenvalue weighted by molar-refractivity contribution is 0.0600. The lowest BCUT2D eigenvalue weighted by atomic mass is 10.1. The number of halogens is 1. The quantitative estimate of drug-likeness (QED) is 0.718. The Balaban J connectivity index is 1.76. The lowest BCUT2D eigenvalue weighted by Gasteiger charge is -2.27. The van der Waals surface area contributed by atoms with Crippen LogP contribution < -0.4 is 9.62 Å². The van der Waals surface area contributed by atoms with E-state index in [-0.39, 0.29) is 22.0 Å². The molecule has 28 heavy (non-hydrogen) atoms. The van der Waals surface area contributed by atoms with Gasteiger partial charge in [0.05, 0.1) is 17.7 Å². The van der Waals surface area contributed by atoms with Gasteiger partial charge in [-0.15, -0.1) is 0 Å². The van der Waals surface area contributed by atoms with Gasteiger partial charge in [0.2, 0.25) is 10.0 Å². The number of esters is 1. The summed E-state index contributed by atoms with van der Waals surface area (Å²) in [4.78, 5) is 18.1. The molecule has 2 heterocycles. The van der Waals surface area contributed by atoms with E-state index >= 15 is 0 Å². The Morgan fingerprint density at radius 2 is 1.96 bits per heavy atom. The smallest absolute Gasteiger partial charge is 0.337 e. The molecule has 1 saturated heterocycles. The molecule has 0 bridgehead atoms. The molecular formula is C19H22ClN3O4S. The van der Waals surface area contributed by atoms with E-state index in [0.717, 1.165) is 37.3 Å². The van der Waals surface area contributed by atoms with Gasteiger partial charge in [-0.3, -0.25) is 0 Å². The van der Waals surface area contributed by atoms with Crippen LogP contribution in [0.4, 0.5) is 5.82 Å². The van der Waals surface area contributed by atoms with Gasteiger partial charge in [-0.25, -0.2) is 22.9 Å². The molecule has 1 aliphatic rings. The Kier molecular flexibility index (Phi) is 6.53. The second-order valence-corrected chi connectivity index (χ2v) is 8.67. The molecule has 0 amide bonds. The first-order valence-corrected chi connectivity index (χ1v) is 10.8. The van der Waals surface area contributed by atoms with Gasteiger partial charge < -0.3 is 9.64 Å². The molecule has 1 aromatic heterocycles. The van der Waals surface area contributed by atoms with E-state index in [4.69, 9.17) is 11.6 Å². The van der Waals surface area contributed by atoms with Crippen LogP contribution in [0.5, 0.6) is 0 Å². The highest BCUT2D eigenvalue weighted by Gasteiger charge is 2.21. The largest absolute Gasteiger partial charge is 0.465 e. The highest BCUT2D eigenvalue weighted by molar-refractivity contribution is 7.89. The molecule has 0 saturated carbocycles. The van der Waals surface area contributed by atoms with Gasteiger partial charge in [0.15, 0.2) is 0 Å². The van der Waals surface area contributed by atoms with E-state index in [1.54, 1.807) is 12.3 Å². The number of methoxy groups -OCH3 is 1. The van der Waals surface area contributed by atoms with Gasteiger partial charge in [-0.2, -0.15) is 0 Å². The third kappa shape index (κ3) is 4.81. The molecule has 0 unspecified atom stereocenters. The summed E-state index contributed by atoms with van der Waals surface area (Å²) in [6.07, 6.45) is 5.17. The number of sulfonamides is 1. The van der Waals surface area contributed by atoms with E-state index in [2.05, 4.69) is 19.3 Å². The third-order valence-electron chi connectivity index (χ3n) is 4.60. The van der Waals surface area contributed by atoms with E-state index in [1.165, 1.54) is 31.7 Å². The number of nitrogens with zero attached hydrogens (tertiary/aromatic N) is 2. The van der Waals surface area contributed by atoms with Crippen LogP contribution in [0.15, 0.2) is 41.4 Å². The summed E-state index contributed by atoms with van der Waals surface area (Å²) in [6, 6.07) is 7.65. The molecule has 2 aromatic rings. The van der Waals surface area contributed by atoms with Crippen LogP contribution in [0.1, 0.15) is 35.2 Å². The summed E-state index contributed by atoms with van der Waals surface area (Å²) in [7, 11) is -2.69. The standard InChI is InChI=1S/C19H22ClN3O4S/c1-27-19(24)15-5-6-16(20)17(12-15)28(25,26)22-13-14-7-8-21-18(11-14)23-9-3-2-4-10-23/h5-8,11-12,22H,2-4,9-10,13H2,1H3. The first kappa shape index (κ1) is 20.6. The molecule has 9 heteroatoms. The minimum atomic E-state index is -3.91. The molecule has 3 rings (SSSR count). The number of hydrogen-bond acceptors (Lipinski definition) is 6. The zero-order chi connectivity index (χ0) is 20.1. The monoisotopic (exact) mass is 423 g/mol. The normalized spacial score (nSPS) is 14.7. The molecule has 1 N–H and O–H groups in total. The number of pyridine rings is 1. The summed E-state index contributed by atoms with van der Waals surface area (Å²) < 4.78 is 32.6. The fourth-order valence-corrected chi connectivity index (χ4v) is 4.62. The number of benzene rings is 1. The number of anilines is 1. The Bertz CT molecular complexity index is 959. The summed E-state index contributed by atoms with van der Waals surface area (Å²) in [5.74, 6) is 0.218. The molecule has 7 nitrogen and oxygen atoms in total. The van der Waals surface area contributed by atoms with Crippen LogP contribution in [0.25, 0.3) is 0 Å². The maximum atomic E-state index is 12.7. The SMILES string of the molecule is COC(=O)c1ccc(Cl)c(S(=O)(=O)NCc2ccnc(N3CCCCC3)c2)c1. The summed E-state index contributed by atoms with van der Waals surface area (Å²) in [6.45, 7) is 2.00. The van der Waals surface area contributed by atoms with E-state index < -0.39 is 16.0 Å². The van der Waals surface area contributed by atoms with Crippen molar-refractivity contribution >= 4 is 33.4 Å². The van der Waals surface area contributed by atoms with Crippen molar-refractivity contribution < 1.29 is 17.9 Å². The minimum Gasteiger partial charge on any atom is -0.465 e. The van der Waals surface area contributed by atoms with Gasteiger partial charge in [0.1, 0.15) is 10.7 Å². The van der Waals surface area contributed by atoms with E-state index in [0.29, 0.717) is 0 Å². The zero-order valence-corrected chi connectivity index (χ0v) is 17.1. The maximum absolute atomic E-state index is 12.7. The Hall–Kier alpha value is -2.16. The predicted molar refractivity (Wildman–Crippen MR) is 107 cm³/mol. The second-order valence-electron chi connectivity index (χ2n) is 6.53. The molecule has 1 fully saturated rings. The molecule has 1 aliphatic heterocycles. The summed E-state index contributed by atoms with van der Waals surface area (Å²) in [5, 5.41) is 0.0314. The minimum absolute atomic E-state index is 0.0314. The summed E-state index contributed by atoms with van der Waals surface area (Å²) >= 11 is 6.05. The van der Waals surface area contributed by atoms with Crippen molar-refractivity contribution in [3.8, 4) is 0 Å². The number of nitrogens with one attached hydrogen (secondary N) is 1. The van der Waals surface area contributed by atoms with Gasteiger partial charge >= 0.3 is 5.97 Å². The molecule has 150 valence electrons. The highest BCUT2D eigenvalue weighted by atomic mass is 35.5. The average molecular weight is 424 g/mol. The summed E-state index contributed by atoms with van der Waals surface area (Å²) in [5.41, 5.74) is 0.906. The third-order valence-corrected chi connectivity index (χ3v) is 6.48. The number of ether oxygens (including phenoxy) is 1. The number of carbonyl (C=O) groups is 1. The molecule has 1 aromatic carbocycles. The van der Waals surface area contributed by atoms with Crippen molar-refractivity contribution in [2.24, 2.45) is 0 Å². The van der Waals surface area contributed by atoms with Gasteiger partial charge in [0.25, 0.3) is 0 Å². The van der Waals surface area contributed by atoms with E-state index in [1.807, 2.05) is 6.07 Å². The average Bonchev–Trinajstić information content (AvgIpc) is 2.73. The fourth-order valence-electron chi connectivity index (χ4n) is 3.08. The number of aromatic nitrogens is 1. The number of carbonyl (C=O) groups excluding carboxylic acids is 1. The van der Waals surface area contributed by atoms with Crippen LogP contribution in [-0.4, -0.2) is 39.6 Å². The molecule has 0 aliphatic carbocycles. The Labute approximate surface area is 169 Å². The first-order chi connectivity index (χ1) is 13.4. The van der Waals surface area contributed by atoms with Crippen molar-refractivity contribution in [3.05, 3.63) is 52.7 Å². The van der Waals surface area contributed by atoms with Crippen molar-refractivity contribution in [1.82, 2.24) is 9.71 Å². The van der Waals surface area contributed by atoms with Crippen LogP contribution >= 0.6 is 11.6 Å². The van der Waals surface area contributed by atoms with Gasteiger partial charge in [0, 0.05) is 25.8 Å². The number of hydrogen-bond donors (Lipinski definition) is 1. The van der Waals surface area contributed by atoms with Crippen molar-refractivity contribution in [2.45, 2.75) is 30.7 Å². The molecule has 0 spiro atoms. The molecule has 0 atom stereocenters. The lowest BCUT2D eigenvalue weighted by Crippen LogP contribution is -2.30. The molecule has 0 radical (unpaired) electrons. The van der Waals surface area contributed by atoms with E-state index in [9.17, 15) is 13.2 Å². The van der Waals surface area contributed by atoms with Gasteiger partial charge in [-0.1, -0.05) is 11.6 Å². The Morgan fingerprint density at radius 3 is 2.68 bits per heavy atom. The zero-order valence-electron chi connectivity index (χ0n) is 15.5. The molecular weight excluding hydrogens is 402 g/mol. The number of rotatable bonds is 6. The van der Waals surface area contributed by atoms with Crippen molar-refractivity contribution in [2.75, 3.05) is 25.1 Å². The second kappa shape index (κ2) is 8.89. The fraction of sp³-hybridized carbons (Fsp3) is 0.368.